The molecule has 2 aromatic rings. The molecule has 0 bridgehead atoms. The number of rotatable bonds is 10. The van der Waals surface area contributed by atoms with Gasteiger partial charge in [-0.2, -0.15) is 0 Å². The van der Waals surface area contributed by atoms with Crippen molar-refractivity contribution < 1.29 is 24.2 Å². The molecule has 41 heavy (non-hydrogen) atoms. The van der Waals surface area contributed by atoms with Gasteiger partial charge in [-0.15, -0.1) is 0 Å². The number of ether oxygens (including phenoxy) is 2. The third-order valence-corrected chi connectivity index (χ3v) is 9.22. The largest absolute Gasteiger partial charge is 0.497 e. The number of benzene rings is 2. The van der Waals surface area contributed by atoms with Gasteiger partial charge in [-0.1, -0.05) is 44.7 Å². The molecule has 0 aromatic heterocycles. The van der Waals surface area contributed by atoms with Crippen LogP contribution in [0.25, 0.3) is 0 Å². The Kier molecular flexibility index (Phi) is 9.19. The molecule has 3 fully saturated rings. The zero-order valence-electron chi connectivity index (χ0n) is 24.6. The molecule has 3 aliphatic rings. The highest BCUT2D eigenvalue weighted by atomic mass is 16.5. The number of hydrogen-bond donors (Lipinski definition) is 2. The normalized spacial score (nSPS) is 22.4. The lowest BCUT2D eigenvalue weighted by atomic mass is 9.77. The van der Waals surface area contributed by atoms with Crippen molar-refractivity contribution in [3.05, 3.63) is 54.1 Å². The van der Waals surface area contributed by atoms with Crippen molar-refractivity contribution in [3.8, 4) is 17.2 Å². The second-order valence-electron chi connectivity index (χ2n) is 12.1. The first-order chi connectivity index (χ1) is 19.8. The molecule has 2 saturated heterocycles. The van der Waals surface area contributed by atoms with Gasteiger partial charge in [0.05, 0.1) is 12.7 Å². The fourth-order valence-corrected chi connectivity index (χ4v) is 6.73. The molecule has 2 heterocycles. The molecule has 1 atom stereocenters. The molecule has 2 amide bonds. The SMILES string of the molecule is CCCCN1C(=O)[C@@H](CC2(O)CCCCC2)NC(=O)C12CCN(Cc1ccc(Oc3ccc(OC)cc3)cc1)CC2. The van der Waals surface area contributed by atoms with E-state index in [-0.39, 0.29) is 11.8 Å². The van der Waals surface area contributed by atoms with Crippen molar-refractivity contribution in [2.24, 2.45) is 0 Å². The van der Waals surface area contributed by atoms with Crippen LogP contribution in [0.5, 0.6) is 17.2 Å². The quantitative estimate of drug-likeness (QED) is 0.421. The van der Waals surface area contributed by atoms with Gasteiger partial charge in [0.2, 0.25) is 11.8 Å². The Morgan fingerprint density at radius 2 is 1.51 bits per heavy atom. The summed E-state index contributed by atoms with van der Waals surface area (Å²) in [4.78, 5) is 31.8. The smallest absolute Gasteiger partial charge is 0.246 e. The van der Waals surface area contributed by atoms with E-state index in [1.807, 2.05) is 41.3 Å². The van der Waals surface area contributed by atoms with Crippen molar-refractivity contribution in [1.82, 2.24) is 15.1 Å². The number of methoxy groups -OCH3 is 1. The molecule has 2 aliphatic heterocycles. The number of likely N-dealkylation sites (tertiary alicyclic amines) is 1. The summed E-state index contributed by atoms with van der Waals surface area (Å²) in [5.41, 5.74) is -0.480. The number of unbranched alkanes of at least 4 members (excludes halogenated alkanes) is 1. The lowest BCUT2D eigenvalue weighted by Gasteiger charge is -2.52. The summed E-state index contributed by atoms with van der Waals surface area (Å²) < 4.78 is 11.2. The van der Waals surface area contributed by atoms with E-state index in [1.54, 1.807) is 7.11 Å². The van der Waals surface area contributed by atoms with Crippen LogP contribution >= 0.6 is 0 Å². The number of piperidine rings is 1. The van der Waals surface area contributed by atoms with E-state index in [9.17, 15) is 14.7 Å². The summed E-state index contributed by atoms with van der Waals surface area (Å²) in [6, 6.07) is 15.0. The molecule has 2 aromatic carbocycles. The molecule has 0 radical (unpaired) electrons. The Labute approximate surface area is 244 Å². The average Bonchev–Trinajstić information content (AvgIpc) is 2.98. The molecular weight excluding hydrogens is 518 g/mol. The van der Waals surface area contributed by atoms with E-state index < -0.39 is 17.2 Å². The molecule has 8 heteroatoms. The molecular formula is C33H45N3O5. The first-order valence-corrected chi connectivity index (χ1v) is 15.3. The third kappa shape index (κ3) is 6.70. The molecule has 1 saturated carbocycles. The fourth-order valence-electron chi connectivity index (χ4n) is 6.73. The Bertz CT molecular complexity index is 1170. The highest BCUT2D eigenvalue weighted by molar-refractivity contribution is 6.00. The molecule has 1 aliphatic carbocycles. The third-order valence-electron chi connectivity index (χ3n) is 9.22. The van der Waals surface area contributed by atoms with Crippen LogP contribution in [0.4, 0.5) is 0 Å². The van der Waals surface area contributed by atoms with Crippen LogP contribution in [0, 0.1) is 0 Å². The second kappa shape index (κ2) is 12.8. The van der Waals surface area contributed by atoms with Crippen LogP contribution < -0.4 is 14.8 Å². The van der Waals surface area contributed by atoms with Gasteiger partial charge in [0.25, 0.3) is 0 Å². The summed E-state index contributed by atoms with van der Waals surface area (Å²) in [6.45, 7) is 4.95. The highest BCUT2D eigenvalue weighted by Crippen LogP contribution is 2.38. The number of nitrogens with zero attached hydrogens (tertiary/aromatic N) is 2. The lowest BCUT2D eigenvalue weighted by molar-refractivity contribution is -0.163. The number of hydrogen-bond acceptors (Lipinski definition) is 6. The minimum Gasteiger partial charge on any atom is -0.497 e. The van der Waals surface area contributed by atoms with E-state index >= 15 is 0 Å². The van der Waals surface area contributed by atoms with Gasteiger partial charge in [-0.3, -0.25) is 14.5 Å². The minimum atomic E-state index is -0.856. The zero-order valence-corrected chi connectivity index (χ0v) is 24.6. The van der Waals surface area contributed by atoms with Gasteiger partial charge in [-0.25, -0.2) is 0 Å². The fraction of sp³-hybridized carbons (Fsp3) is 0.576. The zero-order chi connectivity index (χ0) is 28.9. The van der Waals surface area contributed by atoms with Crippen LogP contribution in [0.2, 0.25) is 0 Å². The van der Waals surface area contributed by atoms with Crippen LogP contribution in [-0.2, 0) is 16.1 Å². The number of carbonyl (C=O) groups is 2. The van der Waals surface area contributed by atoms with E-state index in [1.165, 1.54) is 5.56 Å². The number of piperazine rings is 1. The molecule has 0 unspecified atom stereocenters. The molecule has 5 rings (SSSR count). The number of aliphatic hydroxyl groups is 1. The van der Waals surface area contributed by atoms with Crippen molar-refractivity contribution in [2.75, 3.05) is 26.7 Å². The summed E-state index contributed by atoms with van der Waals surface area (Å²) in [5, 5.41) is 14.2. The maximum atomic E-state index is 13.8. The molecule has 8 nitrogen and oxygen atoms in total. The Hall–Kier alpha value is -3.10. The van der Waals surface area contributed by atoms with E-state index in [0.717, 1.165) is 69.0 Å². The Balaban J connectivity index is 1.20. The van der Waals surface area contributed by atoms with Gasteiger partial charge in [0, 0.05) is 32.6 Å². The summed E-state index contributed by atoms with van der Waals surface area (Å²) >= 11 is 0. The summed E-state index contributed by atoms with van der Waals surface area (Å²) in [5.74, 6) is 2.25. The summed E-state index contributed by atoms with van der Waals surface area (Å²) in [7, 11) is 1.64. The van der Waals surface area contributed by atoms with E-state index in [4.69, 9.17) is 9.47 Å². The number of amides is 2. The number of carbonyl (C=O) groups excluding carboxylic acids is 2. The first kappa shape index (κ1) is 29.4. The molecule has 1 spiro atoms. The standard InChI is InChI=1S/C33H45N3O5/c1-3-4-20-36-30(37)29(23-32(39)16-6-5-7-17-32)34-31(38)33(36)18-21-35(22-19-33)24-25-8-10-27(11-9-25)41-28-14-12-26(40-2)13-15-28/h8-15,29,39H,3-7,16-24H2,1-2H3,(H,34,38)/t29-/m1/s1. The average molecular weight is 564 g/mol. The molecule has 222 valence electrons. The van der Waals surface area contributed by atoms with Gasteiger partial charge < -0.3 is 24.8 Å². The van der Waals surface area contributed by atoms with E-state index in [0.29, 0.717) is 38.6 Å². The predicted molar refractivity (Wildman–Crippen MR) is 158 cm³/mol. The first-order valence-electron chi connectivity index (χ1n) is 15.3. The van der Waals surface area contributed by atoms with E-state index in [2.05, 4.69) is 29.3 Å². The van der Waals surface area contributed by atoms with Crippen molar-refractivity contribution in [2.45, 2.75) is 94.9 Å². The highest BCUT2D eigenvalue weighted by Gasteiger charge is 2.54. The maximum absolute atomic E-state index is 13.8. The monoisotopic (exact) mass is 563 g/mol. The summed E-state index contributed by atoms with van der Waals surface area (Å²) in [6.07, 6.45) is 7.86. The van der Waals surface area contributed by atoms with Gasteiger partial charge >= 0.3 is 0 Å². The van der Waals surface area contributed by atoms with Crippen molar-refractivity contribution in [3.63, 3.8) is 0 Å². The van der Waals surface area contributed by atoms with Gasteiger partial charge in [0.1, 0.15) is 28.8 Å². The van der Waals surface area contributed by atoms with Gasteiger partial charge in [-0.05, 0) is 74.1 Å². The number of nitrogens with one attached hydrogen (secondary N) is 1. The van der Waals surface area contributed by atoms with Crippen molar-refractivity contribution >= 4 is 11.8 Å². The lowest BCUT2D eigenvalue weighted by Crippen LogP contribution is -2.73. The molecule has 2 N–H and O–H groups in total. The van der Waals surface area contributed by atoms with Gasteiger partial charge in [0.15, 0.2) is 0 Å². The van der Waals surface area contributed by atoms with Crippen LogP contribution in [0.3, 0.4) is 0 Å². The van der Waals surface area contributed by atoms with Crippen LogP contribution in [0.15, 0.2) is 48.5 Å². The topological polar surface area (TPSA) is 91.3 Å². The van der Waals surface area contributed by atoms with Crippen molar-refractivity contribution in [1.29, 1.82) is 0 Å². The van der Waals surface area contributed by atoms with Crippen LogP contribution in [0.1, 0.15) is 76.7 Å². The second-order valence-corrected chi connectivity index (χ2v) is 12.1. The van der Waals surface area contributed by atoms with Crippen LogP contribution in [-0.4, -0.2) is 70.6 Å². The minimum absolute atomic E-state index is 0.0158. The maximum Gasteiger partial charge on any atom is 0.246 e. The Morgan fingerprint density at radius 3 is 2.12 bits per heavy atom. The Morgan fingerprint density at radius 1 is 0.902 bits per heavy atom. The predicted octanol–water partition coefficient (Wildman–Crippen LogP) is 5.03.